The maximum atomic E-state index is 13.6. The lowest BCUT2D eigenvalue weighted by atomic mass is 10.2. The number of nitrogens with zero attached hydrogens (tertiary/aromatic N) is 1. The van der Waals surface area contributed by atoms with Crippen LogP contribution in [0.3, 0.4) is 0 Å². The van der Waals surface area contributed by atoms with Crippen LogP contribution in [0.2, 0.25) is 0 Å². The number of halogens is 3. The molecule has 0 aliphatic rings. The van der Waals surface area contributed by atoms with E-state index in [0.29, 0.717) is 9.24 Å². The number of H-pyrrole nitrogens is 1. The third-order valence-electron chi connectivity index (χ3n) is 3.12. The van der Waals surface area contributed by atoms with Crippen LogP contribution in [0.5, 0.6) is 0 Å². The van der Waals surface area contributed by atoms with Crippen molar-refractivity contribution in [1.82, 2.24) is 9.55 Å². The van der Waals surface area contributed by atoms with Crippen molar-refractivity contribution in [2.45, 2.75) is 6.92 Å². The first kappa shape index (κ1) is 14.2. The van der Waals surface area contributed by atoms with Gasteiger partial charge in [0.05, 0.1) is 21.2 Å². The molecule has 102 valence electrons. The third-order valence-corrected chi connectivity index (χ3v) is 4.69. The topological polar surface area (TPSA) is 20.7 Å². The second kappa shape index (κ2) is 5.23. The Morgan fingerprint density at radius 2 is 2.05 bits per heavy atom. The number of aromatic nitrogens is 2. The fraction of sp³-hybridized carbons (Fsp3) is 0.0714. The van der Waals surface area contributed by atoms with Gasteiger partial charge in [0.15, 0.2) is 4.77 Å². The molecule has 2 aromatic carbocycles. The van der Waals surface area contributed by atoms with Crippen LogP contribution in [0.1, 0.15) is 5.56 Å². The number of aromatic amines is 1. The number of hydrogen-bond donors (Lipinski definition) is 1. The molecule has 0 radical (unpaired) electrons. The molecular formula is C14H9BrFIN2S. The van der Waals surface area contributed by atoms with Gasteiger partial charge in [-0.1, -0.05) is 0 Å². The number of aryl methyl sites for hydroxylation is 1. The molecule has 3 aromatic rings. The van der Waals surface area contributed by atoms with Crippen molar-refractivity contribution >= 4 is 61.8 Å². The molecule has 0 bridgehead atoms. The van der Waals surface area contributed by atoms with Crippen molar-refractivity contribution in [2.24, 2.45) is 0 Å². The van der Waals surface area contributed by atoms with E-state index in [2.05, 4.69) is 43.5 Å². The highest BCUT2D eigenvalue weighted by Gasteiger charge is 2.11. The third kappa shape index (κ3) is 2.33. The van der Waals surface area contributed by atoms with E-state index in [4.69, 9.17) is 12.2 Å². The summed E-state index contributed by atoms with van der Waals surface area (Å²) in [7, 11) is 0. The molecule has 1 heterocycles. The highest BCUT2D eigenvalue weighted by molar-refractivity contribution is 14.1. The van der Waals surface area contributed by atoms with Crippen LogP contribution in [0.25, 0.3) is 16.7 Å². The van der Waals surface area contributed by atoms with Gasteiger partial charge in [0, 0.05) is 3.57 Å². The van der Waals surface area contributed by atoms with Crippen LogP contribution in [0.4, 0.5) is 4.39 Å². The summed E-state index contributed by atoms with van der Waals surface area (Å²) < 4.78 is 17.7. The highest BCUT2D eigenvalue weighted by Crippen LogP contribution is 2.27. The Kier molecular flexibility index (Phi) is 3.72. The van der Waals surface area contributed by atoms with Gasteiger partial charge >= 0.3 is 0 Å². The Balaban J connectivity index is 2.38. The molecule has 0 amide bonds. The lowest BCUT2D eigenvalue weighted by Gasteiger charge is -2.10. The molecule has 20 heavy (non-hydrogen) atoms. The van der Waals surface area contributed by atoms with Crippen molar-refractivity contribution in [1.29, 1.82) is 0 Å². The van der Waals surface area contributed by atoms with E-state index in [1.807, 2.05) is 29.7 Å². The van der Waals surface area contributed by atoms with Crippen LogP contribution in [-0.4, -0.2) is 9.55 Å². The van der Waals surface area contributed by atoms with Gasteiger partial charge < -0.3 is 4.98 Å². The van der Waals surface area contributed by atoms with Crippen molar-refractivity contribution in [3.05, 3.63) is 54.5 Å². The molecular weight excluding hydrogens is 454 g/mol. The van der Waals surface area contributed by atoms with E-state index in [0.717, 1.165) is 25.9 Å². The fourth-order valence-corrected chi connectivity index (χ4v) is 3.33. The molecule has 0 fully saturated rings. The lowest BCUT2D eigenvalue weighted by Crippen LogP contribution is -1.98. The van der Waals surface area contributed by atoms with E-state index >= 15 is 0 Å². The van der Waals surface area contributed by atoms with Gasteiger partial charge in [-0.05, 0) is 93.6 Å². The number of hydrogen-bond acceptors (Lipinski definition) is 1. The van der Waals surface area contributed by atoms with E-state index in [-0.39, 0.29) is 5.82 Å². The maximum absolute atomic E-state index is 13.6. The molecule has 1 aromatic heterocycles. The van der Waals surface area contributed by atoms with Crippen molar-refractivity contribution < 1.29 is 4.39 Å². The molecule has 6 heteroatoms. The summed E-state index contributed by atoms with van der Waals surface area (Å²) in [5, 5.41) is 0. The summed E-state index contributed by atoms with van der Waals surface area (Å²) in [6, 6.07) is 9.34. The largest absolute Gasteiger partial charge is 0.330 e. The van der Waals surface area contributed by atoms with E-state index < -0.39 is 0 Å². The second-order valence-electron chi connectivity index (χ2n) is 4.48. The van der Waals surface area contributed by atoms with Crippen molar-refractivity contribution in [3.8, 4) is 5.69 Å². The van der Waals surface area contributed by atoms with E-state index in [9.17, 15) is 4.39 Å². The van der Waals surface area contributed by atoms with Gasteiger partial charge in [-0.25, -0.2) is 4.39 Å². The first-order valence-corrected chi connectivity index (χ1v) is 8.11. The molecule has 0 saturated heterocycles. The quantitative estimate of drug-likeness (QED) is 0.374. The first-order valence-electron chi connectivity index (χ1n) is 5.83. The van der Waals surface area contributed by atoms with Crippen LogP contribution in [0, 0.1) is 21.1 Å². The lowest BCUT2D eigenvalue weighted by molar-refractivity contribution is 0.619. The number of nitrogens with one attached hydrogen (secondary N) is 1. The van der Waals surface area contributed by atoms with Crippen LogP contribution in [-0.2, 0) is 0 Å². The molecule has 0 aliphatic heterocycles. The van der Waals surface area contributed by atoms with Gasteiger partial charge in [0.2, 0.25) is 0 Å². The summed E-state index contributed by atoms with van der Waals surface area (Å²) in [6.07, 6.45) is 0. The Morgan fingerprint density at radius 1 is 1.30 bits per heavy atom. The predicted molar refractivity (Wildman–Crippen MR) is 93.6 cm³/mol. The zero-order chi connectivity index (χ0) is 14.4. The maximum Gasteiger partial charge on any atom is 0.182 e. The molecule has 0 aliphatic carbocycles. The summed E-state index contributed by atoms with van der Waals surface area (Å²) in [5.74, 6) is -0.271. The average molecular weight is 463 g/mol. The summed E-state index contributed by atoms with van der Waals surface area (Å²) in [6.45, 7) is 1.87. The van der Waals surface area contributed by atoms with Gasteiger partial charge in [0.25, 0.3) is 0 Å². The number of fused-ring (bicyclic) bond motifs is 1. The number of imidazole rings is 1. The predicted octanol–water partition coefficient (Wildman–Crippen LogP) is 5.50. The first-order chi connectivity index (χ1) is 9.47. The second-order valence-corrected chi connectivity index (χ2v) is 6.97. The van der Waals surface area contributed by atoms with Gasteiger partial charge in [-0.2, -0.15) is 0 Å². The van der Waals surface area contributed by atoms with Gasteiger partial charge in [-0.3, -0.25) is 4.57 Å². The van der Waals surface area contributed by atoms with Gasteiger partial charge in [0.1, 0.15) is 5.82 Å². The summed E-state index contributed by atoms with van der Waals surface area (Å²) in [5.41, 5.74) is 3.66. The molecule has 2 nitrogen and oxygen atoms in total. The van der Waals surface area contributed by atoms with Gasteiger partial charge in [-0.15, -0.1) is 0 Å². The van der Waals surface area contributed by atoms with E-state index in [1.54, 1.807) is 6.07 Å². The fourth-order valence-electron chi connectivity index (χ4n) is 2.20. The molecule has 0 saturated carbocycles. The summed E-state index contributed by atoms with van der Waals surface area (Å²) in [4.78, 5) is 3.19. The minimum Gasteiger partial charge on any atom is -0.330 e. The normalized spacial score (nSPS) is 11.2. The van der Waals surface area contributed by atoms with Crippen molar-refractivity contribution in [2.75, 3.05) is 0 Å². The smallest absolute Gasteiger partial charge is 0.182 e. The van der Waals surface area contributed by atoms with Crippen LogP contribution >= 0.6 is 50.7 Å². The Bertz CT molecular complexity index is 885. The molecule has 0 atom stereocenters. The zero-order valence-corrected chi connectivity index (χ0v) is 14.9. The molecule has 1 N–H and O–H groups in total. The molecule has 0 spiro atoms. The monoisotopic (exact) mass is 462 g/mol. The van der Waals surface area contributed by atoms with Crippen molar-refractivity contribution in [3.63, 3.8) is 0 Å². The summed E-state index contributed by atoms with van der Waals surface area (Å²) >= 11 is 10.9. The van der Waals surface area contributed by atoms with E-state index in [1.165, 1.54) is 6.07 Å². The SMILES string of the molecule is Cc1cc(F)c(Br)cc1-n1c(=S)[nH]c2cc(I)ccc21. The average Bonchev–Trinajstić information content (AvgIpc) is 2.69. The molecule has 3 rings (SSSR count). The minimum atomic E-state index is -0.271. The number of benzene rings is 2. The Hall–Kier alpha value is -0.730. The van der Waals surface area contributed by atoms with Crippen LogP contribution < -0.4 is 0 Å². The standard InChI is InChI=1S/C14H9BrFIN2S/c1-7-4-10(16)9(15)6-13(7)19-12-3-2-8(17)5-11(12)18-14(19)20/h2-6H,1H3,(H,18,20). The van der Waals surface area contributed by atoms with Crippen LogP contribution in [0.15, 0.2) is 34.8 Å². The zero-order valence-electron chi connectivity index (χ0n) is 10.4. The molecule has 0 unspecified atom stereocenters. The Morgan fingerprint density at radius 3 is 2.80 bits per heavy atom. The Labute approximate surface area is 142 Å². The minimum absolute atomic E-state index is 0.271. The number of rotatable bonds is 1. The highest BCUT2D eigenvalue weighted by atomic mass is 127.